The molecule has 26 heavy (non-hydrogen) atoms. The summed E-state index contributed by atoms with van der Waals surface area (Å²) < 4.78 is 50.0. The van der Waals surface area contributed by atoms with Gasteiger partial charge in [0.05, 0.1) is 26.4 Å². The highest BCUT2D eigenvalue weighted by Gasteiger charge is 2.65. The van der Waals surface area contributed by atoms with E-state index in [1.165, 1.54) is 0 Å². The summed E-state index contributed by atoms with van der Waals surface area (Å²) in [6.45, 7) is 8.92. The molecule has 0 aliphatic rings. The van der Waals surface area contributed by atoms with Gasteiger partial charge in [-0.05, 0) is 46.8 Å². The summed E-state index contributed by atoms with van der Waals surface area (Å²) in [4.78, 5) is 1.62. The third-order valence-electron chi connectivity index (χ3n) is 4.01. The Morgan fingerprint density at radius 2 is 1.15 bits per heavy atom. The van der Waals surface area contributed by atoms with Crippen LogP contribution in [0.5, 0.6) is 0 Å². The maximum absolute atomic E-state index is 13.8. The van der Waals surface area contributed by atoms with Crippen molar-refractivity contribution in [2.45, 2.75) is 39.6 Å². The maximum Gasteiger partial charge on any atom is 0.368 e. The van der Waals surface area contributed by atoms with Gasteiger partial charge in [0.1, 0.15) is 0 Å². The van der Waals surface area contributed by atoms with E-state index in [1.807, 2.05) is 30.3 Å². The molecular formula is C17H31NO6P2. The van der Waals surface area contributed by atoms with Crippen LogP contribution in [0, 0.1) is 0 Å². The van der Waals surface area contributed by atoms with E-state index in [0.29, 0.717) is 5.69 Å². The van der Waals surface area contributed by atoms with E-state index < -0.39 is 20.2 Å². The van der Waals surface area contributed by atoms with E-state index in [0.717, 1.165) is 0 Å². The van der Waals surface area contributed by atoms with Crippen LogP contribution in [0.4, 0.5) is 5.69 Å². The Kier molecular flexibility index (Phi) is 9.01. The highest BCUT2D eigenvalue weighted by molar-refractivity contribution is 7.74. The molecule has 0 N–H and O–H groups in total. The maximum atomic E-state index is 13.8. The largest absolute Gasteiger partial charge is 0.368 e. The molecule has 150 valence electrons. The van der Waals surface area contributed by atoms with Gasteiger partial charge in [0, 0.05) is 12.7 Å². The molecule has 0 spiro atoms. The molecule has 0 saturated heterocycles. The number of para-hydroxylation sites is 1. The second-order valence-corrected chi connectivity index (χ2v) is 10.6. The zero-order valence-corrected chi connectivity index (χ0v) is 18.3. The van der Waals surface area contributed by atoms with Gasteiger partial charge in [-0.25, -0.2) is 0 Å². The number of hydrogen-bond donors (Lipinski definition) is 0. The number of rotatable bonds is 12. The van der Waals surface area contributed by atoms with Gasteiger partial charge in [0.15, 0.2) is 0 Å². The van der Waals surface area contributed by atoms with Crippen LogP contribution in [0.15, 0.2) is 30.3 Å². The Bertz CT molecular complexity index is 589. The molecule has 0 heterocycles. The quantitative estimate of drug-likeness (QED) is 0.434. The number of nitrogens with zero attached hydrogens (tertiary/aromatic N) is 1. The fourth-order valence-corrected chi connectivity index (χ4v) is 8.00. The van der Waals surface area contributed by atoms with E-state index in [2.05, 4.69) is 0 Å². The van der Waals surface area contributed by atoms with Crippen molar-refractivity contribution in [3.05, 3.63) is 30.3 Å². The number of hydrogen-bond acceptors (Lipinski definition) is 7. The van der Waals surface area contributed by atoms with Gasteiger partial charge in [-0.15, -0.1) is 0 Å². The van der Waals surface area contributed by atoms with Crippen LogP contribution < -0.4 is 4.90 Å². The average Bonchev–Trinajstić information content (AvgIpc) is 2.61. The second kappa shape index (κ2) is 10.0. The SMILES string of the molecule is CCOP(=O)(OCC)C(C)(N(C)c1ccccc1)P(=O)(OCC)OCC. The van der Waals surface area contributed by atoms with Crippen LogP contribution in [0.25, 0.3) is 0 Å². The molecule has 9 heteroatoms. The van der Waals surface area contributed by atoms with Gasteiger partial charge < -0.3 is 23.0 Å². The van der Waals surface area contributed by atoms with Crippen LogP contribution in [-0.4, -0.2) is 38.5 Å². The molecule has 0 aromatic heterocycles. The highest BCUT2D eigenvalue weighted by atomic mass is 31.2. The van der Waals surface area contributed by atoms with E-state index >= 15 is 0 Å². The van der Waals surface area contributed by atoms with E-state index in [4.69, 9.17) is 18.1 Å². The van der Waals surface area contributed by atoms with Crippen molar-refractivity contribution < 1.29 is 27.2 Å². The molecule has 0 atom stereocenters. The normalized spacial score (nSPS) is 13.0. The first kappa shape index (κ1) is 23.4. The summed E-state index contributed by atoms with van der Waals surface area (Å²) in [7, 11) is -6.18. The second-order valence-electron chi connectivity index (χ2n) is 5.53. The summed E-state index contributed by atoms with van der Waals surface area (Å²) in [5, 5.41) is -1.67. The van der Waals surface area contributed by atoms with Crippen molar-refractivity contribution in [3.8, 4) is 0 Å². The third kappa shape index (κ3) is 4.41. The highest BCUT2D eigenvalue weighted by Crippen LogP contribution is 2.78. The minimum absolute atomic E-state index is 0.133. The lowest BCUT2D eigenvalue weighted by molar-refractivity contribution is 0.179. The lowest BCUT2D eigenvalue weighted by Gasteiger charge is -2.46. The van der Waals surface area contributed by atoms with Gasteiger partial charge >= 0.3 is 15.2 Å². The van der Waals surface area contributed by atoms with Crippen LogP contribution in [-0.2, 0) is 27.2 Å². The molecule has 0 radical (unpaired) electrons. The van der Waals surface area contributed by atoms with Gasteiger partial charge in [-0.1, -0.05) is 18.2 Å². The molecule has 0 aliphatic carbocycles. The lowest BCUT2D eigenvalue weighted by atomic mass is 10.3. The van der Waals surface area contributed by atoms with Crippen LogP contribution in [0.1, 0.15) is 34.6 Å². The molecular weight excluding hydrogens is 376 g/mol. The summed E-state index contributed by atoms with van der Waals surface area (Å²) >= 11 is 0. The zero-order valence-electron chi connectivity index (χ0n) is 16.5. The van der Waals surface area contributed by atoms with Crippen molar-refractivity contribution >= 4 is 20.9 Å². The Labute approximate surface area is 157 Å². The van der Waals surface area contributed by atoms with Crippen LogP contribution >= 0.6 is 15.2 Å². The Morgan fingerprint density at radius 3 is 1.46 bits per heavy atom. The Morgan fingerprint density at radius 1 is 0.808 bits per heavy atom. The Hall–Kier alpha value is -0.680. The predicted octanol–water partition coefficient (Wildman–Crippen LogP) is 5.33. The van der Waals surface area contributed by atoms with Crippen molar-refractivity contribution in [2.24, 2.45) is 0 Å². The minimum Gasteiger partial charge on any atom is -0.348 e. The fraction of sp³-hybridized carbons (Fsp3) is 0.647. The number of benzene rings is 1. The first-order valence-electron chi connectivity index (χ1n) is 8.83. The summed E-state index contributed by atoms with van der Waals surface area (Å²) in [6.07, 6.45) is 0. The van der Waals surface area contributed by atoms with Gasteiger partial charge in [-0.3, -0.25) is 9.13 Å². The first-order valence-corrected chi connectivity index (χ1v) is 11.9. The standard InChI is InChI=1S/C17H31NO6P2/c1-7-21-25(19,22-8-2)17(5,26(20,23-9-3)24-10-4)18(6)16-14-12-11-13-15-16/h11-15H,7-10H2,1-6H3. The third-order valence-corrected chi connectivity index (χ3v) is 10.6. The van der Waals surface area contributed by atoms with Crippen molar-refractivity contribution in [1.29, 1.82) is 0 Å². The molecule has 7 nitrogen and oxygen atoms in total. The molecule has 1 aromatic carbocycles. The van der Waals surface area contributed by atoms with E-state index in [-0.39, 0.29) is 26.4 Å². The van der Waals surface area contributed by atoms with E-state index in [1.54, 1.807) is 46.6 Å². The van der Waals surface area contributed by atoms with Gasteiger partial charge in [0.25, 0.3) is 0 Å². The molecule has 0 unspecified atom stereocenters. The monoisotopic (exact) mass is 407 g/mol. The molecule has 1 rings (SSSR count). The number of anilines is 1. The lowest BCUT2D eigenvalue weighted by Crippen LogP contribution is -2.45. The van der Waals surface area contributed by atoms with Crippen molar-refractivity contribution in [1.82, 2.24) is 0 Å². The Balaban J connectivity index is 3.68. The first-order chi connectivity index (χ1) is 12.3. The average molecular weight is 407 g/mol. The summed E-state index contributed by atoms with van der Waals surface area (Å²) in [6, 6.07) is 9.19. The topological polar surface area (TPSA) is 74.3 Å². The minimum atomic E-state index is -3.93. The van der Waals surface area contributed by atoms with E-state index in [9.17, 15) is 9.13 Å². The van der Waals surface area contributed by atoms with Gasteiger partial charge in [-0.2, -0.15) is 0 Å². The molecule has 1 aromatic rings. The summed E-state index contributed by atoms with van der Waals surface area (Å²) in [5.41, 5.74) is 0.689. The molecule has 0 fully saturated rings. The summed E-state index contributed by atoms with van der Waals surface area (Å²) in [5.74, 6) is 0. The smallest absolute Gasteiger partial charge is 0.348 e. The molecule has 0 bridgehead atoms. The van der Waals surface area contributed by atoms with Crippen molar-refractivity contribution in [2.75, 3.05) is 38.4 Å². The molecule has 0 saturated carbocycles. The molecule has 0 aliphatic heterocycles. The predicted molar refractivity (Wildman–Crippen MR) is 105 cm³/mol. The molecule has 0 amide bonds. The van der Waals surface area contributed by atoms with Crippen LogP contribution in [0.2, 0.25) is 0 Å². The van der Waals surface area contributed by atoms with Crippen LogP contribution in [0.3, 0.4) is 0 Å². The zero-order chi connectivity index (χ0) is 19.8. The van der Waals surface area contributed by atoms with Crippen molar-refractivity contribution in [3.63, 3.8) is 0 Å². The fourth-order valence-electron chi connectivity index (χ4n) is 2.66. The van der Waals surface area contributed by atoms with Gasteiger partial charge in [0.2, 0.25) is 5.02 Å².